The Hall–Kier alpha value is -1.28. The van der Waals surface area contributed by atoms with Crippen LogP contribution in [0.25, 0.3) is 0 Å². The topological polar surface area (TPSA) is 57.2 Å². The van der Waals surface area contributed by atoms with Gasteiger partial charge >= 0.3 is 47.0 Å². The molecule has 0 rings (SSSR count). The Morgan fingerprint density at radius 1 is 0.448 bits per heavy atom. The number of hydrogen-bond acceptors (Lipinski definition) is 3. The lowest BCUT2D eigenvalue weighted by molar-refractivity contribution is -0.458. The minimum atomic E-state index is -9.41. The van der Waals surface area contributed by atoms with Crippen molar-refractivity contribution in [2.45, 2.75) is 47.0 Å². The number of hydrogen-bond donors (Lipinski definition) is 0. The first kappa shape index (κ1) is 27.7. The minimum Gasteiger partial charge on any atom is -0.743 e. The van der Waals surface area contributed by atoms with Gasteiger partial charge in [-0.05, 0) is 0 Å². The van der Waals surface area contributed by atoms with Gasteiger partial charge in [0.05, 0.1) is 0 Å². The summed E-state index contributed by atoms with van der Waals surface area (Å²) < 4.78 is 247. The molecule has 0 aromatic heterocycles. The van der Waals surface area contributed by atoms with E-state index in [4.69, 9.17) is 0 Å². The van der Waals surface area contributed by atoms with E-state index in [1.807, 2.05) is 0 Å². The quantitative estimate of drug-likeness (QED) is 0.414. The smallest absolute Gasteiger partial charge is 0.460 e. The monoisotopic (exact) mass is 499 g/mol. The summed E-state index contributed by atoms with van der Waals surface area (Å²) in [5.74, 6) is -17.9. The zero-order chi connectivity index (χ0) is 24.5. The molecule has 0 radical (unpaired) electrons. The minimum absolute atomic E-state index is 8.16. The largest absolute Gasteiger partial charge is 0.743 e. The fourth-order valence-electron chi connectivity index (χ4n) is 1.72. The van der Waals surface area contributed by atoms with Gasteiger partial charge in [0.1, 0.15) is 0 Å². The fraction of sp³-hybridized carbons (Fsp3) is 1.00. The van der Waals surface area contributed by atoms with Crippen LogP contribution >= 0.6 is 0 Å². The van der Waals surface area contributed by atoms with Gasteiger partial charge in [-0.1, -0.05) is 0 Å². The highest BCUT2D eigenvalue weighted by Gasteiger charge is 3.01. The maximum absolute atomic E-state index is 14.0. The maximum atomic E-state index is 14.0. The van der Waals surface area contributed by atoms with Crippen molar-refractivity contribution in [1.29, 1.82) is 0 Å². The number of alkyl halides is 17. The molecule has 1 unspecified atom stereocenters. The first-order chi connectivity index (χ1) is 12.0. The van der Waals surface area contributed by atoms with Gasteiger partial charge in [0.25, 0.3) is 0 Å². The van der Waals surface area contributed by atoms with Crippen molar-refractivity contribution >= 4 is 10.1 Å². The van der Waals surface area contributed by atoms with E-state index in [2.05, 4.69) is 0 Å². The van der Waals surface area contributed by atoms with E-state index in [0.717, 1.165) is 0 Å². The third kappa shape index (κ3) is 3.26. The Kier molecular flexibility index (Phi) is 6.08. The molecule has 21 heteroatoms. The third-order valence-corrected chi connectivity index (χ3v) is 4.06. The summed E-state index contributed by atoms with van der Waals surface area (Å²) in [7, 11) is -8.73. The van der Waals surface area contributed by atoms with Crippen LogP contribution in [-0.2, 0) is 10.1 Å². The second-order valence-electron chi connectivity index (χ2n) is 4.93. The molecule has 0 aromatic rings. The molecule has 0 aliphatic heterocycles. The van der Waals surface area contributed by atoms with Crippen LogP contribution in [0.5, 0.6) is 0 Å². The van der Waals surface area contributed by atoms with E-state index in [9.17, 15) is 87.6 Å². The molecule has 0 aliphatic carbocycles. The van der Waals surface area contributed by atoms with Gasteiger partial charge in [-0.3, -0.25) is 0 Å². The normalized spacial score (nSPS) is 18.6. The summed E-state index contributed by atoms with van der Waals surface area (Å²) >= 11 is 0. The lowest BCUT2D eigenvalue weighted by atomic mass is 9.76. The first-order valence-corrected chi connectivity index (χ1v) is 7.08. The van der Waals surface area contributed by atoms with E-state index in [-0.39, 0.29) is 0 Å². The number of halogens is 17. The Morgan fingerprint density at radius 2 is 0.724 bits per heavy atom. The van der Waals surface area contributed by atoms with Gasteiger partial charge < -0.3 is 4.55 Å². The molecule has 0 aromatic carbocycles. The predicted octanol–water partition coefficient (Wildman–Crippen LogP) is 4.50. The van der Waals surface area contributed by atoms with Crippen molar-refractivity contribution in [1.82, 2.24) is 0 Å². The SMILES string of the molecule is O=S(=O)([O-])C(F)(F)C(F)(C(F)(F)C(F)(F)C(F)(F)F)C(F)(C(F)(F)F)C(F)(F)F. The molecular weight excluding hydrogens is 499 g/mol. The Labute approximate surface area is 146 Å². The van der Waals surface area contributed by atoms with Crippen molar-refractivity contribution < 1.29 is 87.6 Å². The van der Waals surface area contributed by atoms with E-state index in [0.29, 0.717) is 0 Å². The molecule has 0 fully saturated rings. The van der Waals surface area contributed by atoms with Crippen LogP contribution in [0.1, 0.15) is 0 Å². The lowest BCUT2D eigenvalue weighted by Crippen LogP contribution is -2.82. The second-order valence-corrected chi connectivity index (χ2v) is 6.35. The molecule has 0 amide bonds. The van der Waals surface area contributed by atoms with Crippen molar-refractivity contribution in [3.63, 3.8) is 0 Å². The van der Waals surface area contributed by atoms with Gasteiger partial charge in [0.2, 0.25) is 0 Å². The van der Waals surface area contributed by atoms with Crippen molar-refractivity contribution in [2.75, 3.05) is 0 Å². The molecular formula is C8F17O3S-. The van der Waals surface area contributed by atoms with Crippen LogP contribution in [-0.4, -0.2) is 59.9 Å². The second kappa shape index (κ2) is 6.36. The van der Waals surface area contributed by atoms with Crippen LogP contribution in [0.2, 0.25) is 0 Å². The zero-order valence-corrected chi connectivity index (χ0v) is 12.9. The summed E-state index contributed by atoms with van der Waals surface area (Å²) in [4.78, 5) is 0. The predicted molar refractivity (Wildman–Crippen MR) is 50.4 cm³/mol. The lowest BCUT2D eigenvalue weighted by Gasteiger charge is -2.49. The summed E-state index contributed by atoms with van der Waals surface area (Å²) in [6.07, 6.45) is -25.3. The van der Waals surface area contributed by atoms with Gasteiger partial charge in [0.15, 0.2) is 10.1 Å². The molecule has 0 spiro atoms. The highest BCUT2D eigenvalue weighted by atomic mass is 32.2. The molecule has 176 valence electrons. The summed E-state index contributed by atoms with van der Waals surface area (Å²) in [6, 6.07) is 0. The van der Waals surface area contributed by atoms with Gasteiger partial charge in [0, 0.05) is 0 Å². The molecule has 0 heterocycles. The van der Waals surface area contributed by atoms with Gasteiger partial charge in [-0.15, -0.1) is 0 Å². The molecule has 3 nitrogen and oxygen atoms in total. The zero-order valence-electron chi connectivity index (χ0n) is 12.1. The third-order valence-electron chi connectivity index (χ3n) is 3.15. The van der Waals surface area contributed by atoms with Crippen molar-refractivity contribution in [3.8, 4) is 0 Å². The van der Waals surface area contributed by atoms with Crippen LogP contribution in [0.4, 0.5) is 74.6 Å². The van der Waals surface area contributed by atoms with E-state index in [1.54, 1.807) is 0 Å². The summed E-state index contributed by atoms with van der Waals surface area (Å²) in [6.45, 7) is 0. The van der Waals surface area contributed by atoms with Crippen molar-refractivity contribution in [2.24, 2.45) is 0 Å². The first-order valence-electron chi connectivity index (χ1n) is 5.67. The Bertz CT molecular complexity index is 713. The maximum Gasteiger partial charge on any atom is 0.460 e. The highest BCUT2D eigenvalue weighted by molar-refractivity contribution is 7.86. The summed E-state index contributed by atoms with van der Waals surface area (Å²) in [5, 5.41) is -8.70. The molecule has 0 saturated heterocycles. The van der Waals surface area contributed by atoms with E-state index < -0.39 is 57.1 Å². The average Bonchev–Trinajstić information content (AvgIpc) is 2.39. The standard InChI is InChI=1S/C8HF17O3S/c9-1(8(24,25)29(26,27)28,2(10,5(15,16)17)6(18,19)20)3(11,12)4(13,14)7(21,22)23/h(H,26,27,28)/p-1. The molecule has 0 N–H and O–H groups in total. The molecule has 0 saturated carbocycles. The van der Waals surface area contributed by atoms with E-state index in [1.165, 1.54) is 0 Å². The Morgan fingerprint density at radius 3 is 0.897 bits per heavy atom. The Balaban J connectivity index is 7.96. The average molecular weight is 499 g/mol. The highest BCUT2D eigenvalue weighted by Crippen LogP contribution is 2.68. The molecule has 1 atom stereocenters. The van der Waals surface area contributed by atoms with Crippen LogP contribution in [0.15, 0.2) is 0 Å². The van der Waals surface area contributed by atoms with Crippen molar-refractivity contribution in [3.05, 3.63) is 0 Å². The van der Waals surface area contributed by atoms with Crippen LogP contribution < -0.4 is 0 Å². The summed E-state index contributed by atoms with van der Waals surface area (Å²) in [5.41, 5.74) is -18.6. The van der Waals surface area contributed by atoms with Crippen LogP contribution in [0, 0.1) is 0 Å². The number of rotatable bonds is 5. The van der Waals surface area contributed by atoms with Gasteiger partial charge in [-0.2, -0.15) is 65.9 Å². The molecule has 0 bridgehead atoms. The molecule has 29 heavy (non-hydrogen) atoms. The van der Waals surface area contributed by atoms with Gasteiger partial charge in [-0.25, -0.2) is 17.2 Å². The van der Waals surface area contributed by atoms with Crippen LogP contribution in [0.3, 0.4) is 0 Å². The van der Waals surface area contributed by atoms with E-state index >= 15 is 0 Å². The molecule has 0 aliphatic rings. The fourth-order valence-corrected chi connectivity index (χ4v) is 2.33.